The smallest absolute Gasteiger partial charge is 0.251 e. The van der Waals surface area contributed by atoms with Crippen LogP contribution >= 0.6 is 11.3 Å². The molecule has 3 aromatic carbocycles. The van der Waals surface area contributed by atoms with Crippen LogP contribution in [0.2, 0.25) is 0 Å². The predicted octanol–water partition coefficient (Wildman–Crippen LogP) is 2.83. The lowest BCUT2D eigenvalue weighted by Gasteiger charge is -2.16. The van der Waals surface area contributed by atoms with Crippen LogP contribution in [0.25, 0.3) is 10.1 Å². The maximum atomic E-state index is 16.0. The third-order valence-electron chi connectivity index (χ3n) is 6.35. The molecular weight excluding hydrogens is 640 g/mol. The molecule has 17 heteroatoms. The maximum absolute atomic E-state index is 16.0. The van der Waals surface area contributed by atoms with Gasteiger partial charge in [-0.05, 0) is 48.4 Å². The molecule has 0 aliphatic rings. The van der Waals surface area contributed by atoms with E-state index in [4.69, 9.17) is 14.6 Å². The van der Waals surface area contributed by atoms with E-state index in [1.807, 2.05) is 0 Å². The zero-order valence-corrected chi connectivity index (χ0v) is 25.0. The molecule has 0 fully saturated rings. The number of carbonyl (C=O) groups excluding carboxylic acids is 2. The molecule has 0 atom stereocenters. The van der Waals surface area contributed by atoms with E-state index in [-0.39, 0.29) is 46.3 Å². The number of nitrogens with one attached hydrogen (secondary N) is 2. The first kappa shape index (κ1) is 33.0. The number of phenols is 4. The Morgan fingerprint density at radius 2 is 1.29 bits per heavy atom. The Morgan fingerprint density at radius 3 is 1.71 bits per heavy atom. The summed E-state index contributed by atoms with van der Waals surface area (Å²) in [5.74, 6) is -6.98. The zero-order chi connectivity index (χ0) is 33.1. The lowest BCUT2D eigenvalue weighted by molar-refractivity contribution is 0.0936. The monoisotopic (exact) mass is 667 g/mol. The number of phenolic OH excluding ortho intramolecular Hbond substituents is 4. The van der Waals surface area contributed by atoms with Gasteiger partial charge >= 0.3 is 0 Å². The van der Waals surface area contributed by atoms with Crippen molar-refractivity contribution >= 4 is 43.3 Å². The van der Waals surface area contributed by atoms with Crippen LogP contribution in [0.1, 0.15) is 33.2 Å². The largest absolute Gasteiger partial charge is 0.504 e. The van der Waals surface area contributed by atoms with Crippen LogP contribution < -0.4 is 25.2 Å². The average molecular weight is 668 g/mol. The Labute approximate surface area is 258 Å². The molecule has 1 heterocycles. The second-order valence-corrected chi connectivity index (χ2v) is 12.1. The van der Waals surface area contributed by atoms with Gasteiger partial charge in [-0.2, -0.15) is 0 Å². The Morgan fingerprint density at radius 1 is 0.822 bits per heavy atom. The molecule has 0 bridgehead atoms. The Hall–Kier alpha value is -4.87. The molecule has 1 aromatic heterocycles. The van der Waals surface area contributed by atoms with E-state index in [0.717, 1.165) is 24.3 Å². The van der Waals surface area contributed by atoms with Crippen molar-refractivity contribution in [1.29, 1.82) is 0 Å². The normalized spacial score (nSPS) is 11.4. The number of carbonyl (C=O) groups is 2. The van der Waals surface area contributed by atoms with Crippen molar-refractivity contribution in [2.45, 2.75) is 17.6 Å². The second kappa shape index (κ2) is 13.4. The van der Waals surface area contributed by atoms with Crippen molar-refractivity contribution in [3.05, 3.63) is 64.7 Å². The number of ether oxygens (including phenoxy) is 2. The van der Waals surface area contributed by atoms with Crippen molar-refractivity contribution in [2.24, 2.45) is 5.14 Å². The van der Waals surface area contributed by atoms with Gasteiger partial charge in [0.2, 0.25) is 21.5 Å². The molecule has 0 aliphatic carbocycles. The standard InChI is InChI=1S/C28H27F2N3O10S2/c1-2-15-20-21(29)23(42-9-7-32-26(38)13-3-5-16(34)18(36)11-13)24(22(30)25(20)44-28(15)45(31,40)41)43-10-8-33-27(39)14-4-6-17(35)19(37)12-14/h3-6,11-12,34-37H,2,7-10H2,1H3,(H,32,38)(H,33,39)(H2,31,40,41). The van der Waals surface area contributed by atoms with Crippen molar-refractivity contribution in [2.75, 3.05) is 26.3 Å². The summed E-state index contributed by atoms with van der Waals surface area (Å²) in [5.41, 5.74) is -0.0622. The highest BCUT2D eigenvalue weighted by Gasteiger charge is 2.30. The fourth-order valence-corrected chi connectivity index (χ4v) is 6.58. The van der Waals surface area contributed by atoms with E-state index in [2.05, 4.69) is 10.6 Å². The minimum atomic E-state index is -4.35. The number of benzene rings is 3. The minimum absolute atomic E-state index is 0.00101. The summed E-state index contributed by atoms with van der Waals surface area (Å²) in [7, 11) is -4.35. The summed E-state index contributed by atoms with van der Waals surface area (Å²) < 4.78 is 66.3. The van der Waals surface area contributed by atoms with E-state index in [1.165, 1.54) is 19.1 Å². The number of thiophene rings is 1. The third kappa shape index (κ3) is 7.11. The number of primary sulfonamides is 1. The summed E-state index contributed by atoms with van der Waals surface area (Å²) in [5, 5.41) is 47.9. The van der Waals surface area contributed by atoms with Gasteiger partial charge in [-0.1, -0.05) is 6.92 Å². The highest BCUT2D eigenvalue weighted by atomic mass is 32.2. The Balaban J connectivity index is 1.57. The summed E-state index contributed by atoms with van der Waals surface area (Å²) >= 11 is 0.422. The summed E-state index contributed by atoms with van der Waals surface area (Å²) in [6.07, 6.45) is -0.0177. The second-order valence-electron chi connectivity index (χ2n) is 9.37. The van der Waals surface area contributed by atoms with E-state index in [9.17, 15) is 38.4 Å². The van der Waals surface area contributed by atoms with Crippen LogP contribution in [0.15, 0.2) is 40.6 Å². The van der Waals surface area contributed by atoms with Crippen molar-refractivity contribution in [1.82, 2.24) is 10.6 Å². The number of amides is 2. The van der Waals surface area contributed by atoms with Gasteiger partial charge < -0.3 is 40.5 Å². The van der Waals surface area contributed by atoms with Gasteiger partial charge in [0, 0.05) is 16.5 Å². The number of hydrogen-bond acceptors (Lipinski definition) is 11. The quantitative estimate of drug-likeness (QED) is 0.0866. The molecule has 45 heavy (non-hydrogen) atoms. The van der Waals surface area contributed by atoms with Crippen molar-refractivity contribution in [3.8, 4) is 34.5 Å². The summed E-state index contributed by atoms with van der Waals surface area (Å²) in [6, 6.07) is 6.75. The van der Waals surface area contributed by atoms with Gasteiger partial charge in [-0.15, -0.1) is 11.3 Å². The van der Waals surface area contributed by atoms with Gasteiger partial charge in [0.1, 0.15) is 17.4 Å². The van der Waals surface area contributed by atoms with E-state index in [0.29, 0.717) is 11.3 Å². The first-order chi connectivity index (χ1) is 21.2. The predicted molar refractivity (Wildman–Crippen MR) is 158 cm³/mol. The fraction of sp³-hybridized carbons (Fsp3) is 0.214. The van der Waals surface area contributed by atoms with Crippen LogP contribution in [-0.4, -0.2) is 67.0 Å². The lowest BCUT2D eigenvalue weighted by Crippen LogP contribution is -2.29. The number of halogens is 2. The molecule has 8 N–H and O–H groups in total. The molecular formula is C28H27F2N3O10S2. The number of hydrogen-bond donors (Lipinski definition) is 7. The highest BCUT2D eigenvalue weighted by Crippen LogP contribution is 2.46. The third-order valence-corrected chi connectivity index (χ3v) is 9.08. The maximum Gasteiger partial charge on any atom is 0.251 e. The SMILES string of the molecule is CCc1c(S(N)(=O)=O)sc2c(F)c(OCCNC(=O)c3ccc(O)c(O)c3)c(OCCNC(=O)c3ccc(O)c(O)c3)c(F)c12. The Bertz CT molecular complexity index is 1900. The van der Waals surface area contributed by atoms with Gasteiger partial charge in [0.25, 0.3) is 11.8 Å². The number of aryl methyl sites for hydroxylation is 1. The van der Waals surface area contributed by atoms with Gasteiger partial charge in [-0.3, -0.25) is 9.59 Å². The van der Waals surface area contributed by atoms with E-state index in [1.54, 1.807) is 0 Å². The number of fused-ring (bicyclic) bond motifs is 1. The van der Waals surface area contributed by atoms with E-state index < -0.39 is 85.4 Å². The van der Waals surface area contributed by atoms with Crippen LogP contribution in [0.5, 0.6) is 34.5 Å². The first-order valence-electron chi connectivity index (χ1n) is 13.1. The van der Waals surface area contributed by atoms with Crippen LogP contribution in [-0.2, 0) is 16.4 Å². The van der Waals surface area contributed by atoms with Crippen LogP contribution in [0.3, 0.4) is 0 Å². The molecule has 0 aliphatic heterocycles. The molecule has 0 saturated heterocycles. The first-order valence-corrected chi connectivity index (χ1v) is 15.5. The van der Waals surface area contributed by atoms with Gasteiger partial charge in [-0.25, -0.2) is 22.3 Å². The molecule has 0 saturated carbocycles. The number of rotatable bonds is 12. The van der Waals surface area contributed by atoms with Crippen molar-refractivity contribution < 1.29 is 56.7 Å². The number of aromatic hydroxyl groups is 4. The van der Waals surface area contributed by atoms with Crippen LogP contribution in [0, 0.1) is 11.6 Å². The minimum Gasteiger partial charge on any atom is -0.504 e. The number of sulfonamides is 1. The molecule has 4 aromatic rings. The lowest BCUT2D eigenvalue weighted by atomic mass is 10.1. The fourth-order valence-electron chi connectivity index (χ4n) is 4.22. The summed E-state index contributed by atoms with van der Waals surface area (Å²) in [6.45, 7) is 0.237. The average Bonchev–Trinajstić information content (AvgIpc) is 3.40. The topological polar surface area (TPSA) is 218 Å². The van der Waals surface area contributed by atoms with Gasteiger partial charge in [0.15, 0.2) is 34.6 Å². The summed E-state index contributed by atoms with van der Waals surface area (Å²) in [4.78, 5) is 24.8. The molecule has 0 unspecified atom stereocenters. The van der Waals surface area contributed by atoms with Crippen LogP contribution in [0.4, 0.5) is 8.78 Å². The molecule has 240 valence electrons. The highest BCUT2D eigenvalue weighted by molar-refractivity contribution is 7.91. The molecule has 0 radical (unpaired) electrons. The molecule has 13 nitrogen and oxygen atoms in total. The zero-order valence-electron chi connectivity index (χ0n) is 23.4. The molecule has 4 rings (SSSR count). The molecule has 0 spiro atoms. The number of nitrogens with two attached hydrogens (primary N) is 1. The molecule has 2 amide bonds. The van der Waals surface area contributed by atoms with E-state index >= 15 is 8.78 Å². The van der Waals surface area contributed by atoms with Crippen molar-refractivity contribution in [3.63, 3.8) is 0 Å². The van der Waals surface area contributed by atoms with Gasteiger partial charge in [0.05, 0.1) is 17.8 Å². The Kier molecular flexibility index (Phi) is 9.84.